The summed E-state index contributed by atoms with van der Waals surface area (Å²) in [4.78, 5) is 0. The minimum atomic E-state index is -6.88. The smallest absolute Gasteiger partial charge is 0.194 e. The lowest BCUT2D eigenvalue weighted by Gasteiger charge is -2.33. The molecule has 174 valence electrons. The fourth-order valence-electron chi connectivity index (χ4n) is 2.49. The highest BCUT2D eigenvalue weighted by Crippen LogP contribution is 2.56. The maximum absolute atomic E-state index is 14.1. The molecular formula is C16H12F14. The molecule has 0 radical (unpaired) electrons. The molecule has 0 fully saturated rings. The minimum Gasteiger partial charge on any atom is -0.194 e. The Hall–Kier alpha value is -1.76. The van der Waals surface area contributed by atoms with E-state index in [-0.39, 0.29) is 24.6 Å². The third kappa shape index (κ3) is 4.05. The first-order chi connectivity index (χ1) is 13.2. The van der Waals surface area contributed by atoms with Gasteiger partial charge in [-0.15, -0.1) is 0 Å². The zero-order valence-electron chi connectivity index (χ0n) is 14.6. The van der Waals surface area contributed by atoms with Crippen LogP contribution in [0.5, 0.6) is 0 Å². The molecule has 0 aliphatic heterocycles. The maximum Gasteiger partial charge on any atom is 0.460 e. The number of alkyl halides is 14. The molecular weight excluding hydrogens is 458 g/mol. The van der Waals surface area contributed by atoms with Crippen LogP contribution >= 0.6 is 0 Å². The highest BCUT2D eigenvalue weighted by atomic mass is 19.4. The van der Waals surface area contributed by atoms with E-state index < -0.39 is 65.6 Å². The van der Waals surface area contributed by atoms with E-state index in [4.69, 9.17) is 0 Å². The molecule has 14 heteroatoms. The highest BCUT2D eigenvalue weighted by Gasteiger charge is 2.76. The number of halogens is 14. The molecule has 0 bridgehead atoms. The molecule has 0 spiro atoms. The van der Waals surface area contributed by atoms with Gasteiger partial charge in [0.05, 0.1) is 0 Å². The largest absolute Gasteiger partial charge is 0.460 e. The SMILES string of the molecule is CCCCc1c(C(F)(F)C(F)(F)C(F)(F)F)cccc1C(F)(F)C(F)(F)C(F)(F)F. The molecule has 0 saturated heterocycles. The van der Waals surface area contributed by atoms with Crippen molar-refractivity contribution in [1.82, 2.24) is 0 Å². The lowest BCUT2D eigenvalue weighted by molar-refractivity contribution is -0.361. The van der Waals surface area contributed by atoms with E-state index in [1.807, 2.05) is 0 Å². The van der Waals surface area contributed by atoms with Crippen LogP contribution in [0, 0.1) is 0 Å². The minimum absolute atomic E-state index is 0.0269. The first kappa shape index (κ1) is 26.3. The van der Waals surface area contributed by atoms with Crippen LogP contribution in [0.15, 0.2) is 18.2 Å². The van der Waals surface area contributed by atoms with E-state index in [1.54, 1.807) is 0 Å². The number of benzene rings is 1. The van der Waals surface area contributed by atoms with E-state index in [9.17, 15) is 61.5 Å². The molecule has 1 aromatic carbocycles. The van der Waals surface area contributed by atoms with Crippen molar-refractivity contribution in [1.29, 1.82) is 0 Å². The van der Waals surface area contributed by atoms with Crippen LogP contribution in [0.3, 0.4) is 0 Å². The summed E-state index contributed by atoms with van der Waals surface area (Å²) in [5.41, 5.74) is -6.69. The van der Waals surface area contributed by atoms with Crippen LogP contribution in [-0.2, 0) is 18.3 Å². The van der Waals surface area contributed by atoms with Crippen molar-refractivity contribution in [2.45, 2.75) is 62.2 Å². The van der Waals surface area contributed by atoms with Crippen molar-refractivity contribution in [3.8, 4) is 0 Å². The Balaban J connectivity index is 3.88. The monoisotopic (exact) mass is 470 g/mol. The summed E-state index contributed by atoms with van der Waals surface area (Å²) in [6.07, 6.45) is -15.5. The molecule has 0 unspecified atom stereocenters. The lowest BCUT2D eigenvalue weighted by Crippen LogP contribution is -2.52. The van der Waals surface area contributed by atoms with Gasteiger partial charge in [-0.3, -0.25) is 0 Å². The number of hydrogen-bond acceptors (Lipinski definition) is 0. The third-order valence-electron chi connectivity index (χ3n) is 4.13. The zero-order valence-corrected chi connectivity index (χ0v) is 14.6. The molecule has 0 aliphatic carbocycles. The van der Waals surface area contributed by atoms with Crippen molar-refractivity contribution in [3.63, 3.8) is 0 Å². The summed E-state index contributed by atoms with van der Waals surface area (Å²) in [5.74, 6) is -26.1. The first-order valence-electron chi connectivity index (χ1n) is 7.95. The molecule has 0 saturated carbocycles. The van der Waals surface area contributed by atoms with Gasteiger partial charge in [0, 0.05) is 11.1 Å². The molecule has 30 heavy (non-hydrogen) atoms. The zero-order chi connectivity index (χ0) is 24.0. The van der Waals surface area contributed by atoms with Gasteiger partial charge >= 0.3 is 36.0 Å². The van der Waals surface area contributed by atoms with Gasteiger partial charge in [-0.2, -0.15) is 61.5 Å². The van der Waals surface area contributed by atoms with Crippen LogP contribution in [0.1, 0.15) is 36.5 Å². The second-order valence-electron chi connectivity index (χ2n) is 6.23. The van der Waals surface area contributed by atoms with E-state index >= 15 is 0 Å². The average Bonchev–Trinajstić information content (AvgIpc) is 2.57. The van der Waals surface area contributed by atoms with Gasteiger partial charge in [0.2, 0.25) is 0 Å². The normalized spacial score (nSPS) is 14.9. The topological polar surface area (TPSA) is 0 Å². The van der Waals surface area contributed by atoms with Gasteiger partial charge in [-0.05, 0) is 18.4 Å². The van der Waals surface area contributed by atoms with Gasteiger partial charge in [0.25, 0.3) is 0 Å². The summed E-state index contributed by atoms with van der Waals surface area (Å²) in [6.45, 7) is 1.28. The summed E-state index contributed by atoms with van der Waals surface area (Å²) in [5, 5.41) is 0. The molecule has 0 N–H and O–H groups in total. The van der Waals surface area contributed by atoms with E-state index in [0.29, 0.717) is 0 Å². The Morgan fingerprint density at radius 2 is 0.933 bits per heavy atom. The van der Waals surface area contributed by atoms with E-state index in [0.717, 1.165) is 0 Å². The summed E-state index contributed by atoms with van der Waals surface area (Å²) < 4.78 is 184. The summed E-state index contributed by atoms with van der Waals surface area (Å²) in [7, 11) is 0. The maximum atomic E-state index is 14.1. The lowest BCUT2D eigenvalue weighted by atomic mass is 9.86. The van der Waals surface area contributed by atoms with E-state index in [1.165, 1.54) is 6.92 Å². The fraction of sp³-hybridized carbons (Fsp3) is 0.625. The fourth-order valence-corrected chi connectivity index (χ4v) is 2.49. The van der Waals surface area contributed by atoms with Gasteiger partial charge in [-0.25, -0.2) is 0 Å². The van der Waals surface area contributed by atoms with Crippen LogP contribution in [0.25, 0.3) is 0 Å². The molecule has 1 aromatic rings. The summed E-state index contributed by atoms with van der Waals surface area (Å²) >= 11 is 0. The van der Waals surface area contributed by atoms with Crippen molar-refractivity contribution in [3.05, 3.63) is 34.9 Å². The first-order valence-corrected chi connectivity index (χ1v) is 7.95. The van der Waals surface area contributed by atoms with Gasteiger partial charge in [0.15, 0.2) is 0 Å². The van der Waals surface area contributed by atoms with Crippen molar-refractivity contribution in [2.24, 2.45) is 0 Å². The van der Waals surface area contributed by atoms with Gasteiger partial charge < -0.3 is 0 Å². The third-order valence-corrected chi connectivity index (χ3v) is 4.13. The molecule has 0 aliphatic rings. The standard InChI is InChI=1S/C16H12F14/c1-2-3-5-8-9(11(17,18)13(21,22)15(25,26)27)6-4-7-10(8)12(19,20)14(23,24)16(28,29)30/h4,6-7H,2-3,5H2,1H3. The van der Waals surface area contributed by atoms with E-state index in [2.05, 4.69) is 0 Å². The van der Waals surface area contributed by atoms with Gasteiger partial charge in [0.1, 0.15) is 0 Å². The molecule has 0 aromatic heterocycles. The van der Waals surface area contributed by atoms with Crippen LogP contribution < -0.4 is 0 Å². The Bertz CT molecular complexity index is 685. The Morgan fingerprint density at radius 1 is 0.600 bits per heavy atom. The highest BCUT2D eigenvalue weighted by molar-refractivity contribution is 5.43. The van der Waals surface area contributed by atoms with Crippen molar-refractivity contribution < 1.29 is 61.5 Å². The second-order valence-corrected chi connectivity index (χ2v) is 6.23. The number of hydrogen-bond donors (Lipinski definition) is 0. The molecule has 0 atom stereocenters. The summed E-state index contributed by atoms with van der Waals surface area (Å²) in [6, 6.07) is -0.341. The Labute approximate surface area is 159 Å². The Morgan fingerprint density at radius 3 is 1.20 bits per heavy atom. The predicted octanol–water partition coefficient (Wildman–Crippen LogP) is 7.61. The molecule has 0 nitrogen and oxygen atoms in total. The van der Waals surface area contributed by atoms with Crippen LogP contribution in [0.2, 0.25) is 0 Å². The Kier molecular flexibility index (Phi) is 6.78. The number of rotatable bonds is 7. The van der Waals surface area contributed by atoms with Gasteiger partial charge in [-0.1, -0.05) is 31.5 Å². The van der Waals surface area contributed by atoms with Crippen LogP contribution in [-0.4, -0.2) is 24.2 Å². The second kappa shape index (κ2) is 7.74. The van der Waals surface area contributed by atoms with Crippen molar-refractivity contribution >= 4 is 0 Å². The quantitative estimate of drug-likeness (QED) is 0.360. The van der Waals surface area contributed by atoms with Crippen molar-refractivity contribution in [2.75, 3.05) is 0 Å². The molecule has 0 heterocycles. The number of unbranched alkanes of at least 4 members (excludes halogenated alkanes) is 1. The van der Waals surface area contributed by atoms with Crippen LogP contribution in [0.4, 0.5) is 61.5 Å². The molecule has 1 rings (SSSR count). The predicted molar refractivity (Wildman–Crippen MR) is 74.8 cm³/mol. The average molecular weight is 470 g/mol. The molecule has 0 amide bonds.